The van der Waals surface area contributed by atoms with Crippen molar-refractivity contribution in [1.29, 1.82) is 0 Å². The number of rotatable bonds is 2. The van der Waals surface area contributed by atoms with Crippen molar-refractivity contribution in [2.45, 2.75) is 31.6 Å². The van der Waals surface area contributed by atoms with E-state index < -0.39 is 27.0 Å². The average Bonchev–Trinajstić information content (AvgIpc) is 2.95. The molecule has 0 atom stereocenters. The van der Waals surface area contributed by atoms with Gasteiger partial charge in [-0.3, -0.25) is 0 Å². The van der Waals surface area contributed by atoms with Gasteiger partial charge in [-0.1, -0.05) is 16.4 Å². The molecule has 0 fully saturated rings. The van der Waals surface area contributed by atoms with Crippen LogP contribution in [0.3, 0.4) is 0 Å². The standard InChI is InChI=1S/C13H13FN2O4S/c1-13(2)6-11(16-20-13)21(17,18)7-10-8-4-3-5-9(14)12(8)19-15-10/h3-5H,6-7H2,1-2H3. The second-order valence-electron chi connectivity index (χ2n) is 5.52. The Morgan fingerprint density at radius 1 is 1.38 bits per heavy atom. The van der Waals surface area contributed by atoms with E-state index in [1.807, 2.05) is 0 Å². The normalized spacial score (nSPS) is 17.8. The van der Waals surface area contributed by atoms with Gasteiger partial charge in [-0.2, -0.15) is 0 Å². The van der Waals surface area contributed by atoms with E-state index in [0.29, 0.717) is 5.39 Å². The second kappa shape index (κ2) is 4.52. The van der Waals surface area contributed by atoms with Gasteiger partial charge in [0.25, 0.3) is 0 Å². The van der Waals surface area contributed by atoms with Gasteiger partial charge in [-0.15, -0.1) is 0 Å². The molecule has 1 aliphatic heterocycles. The summed E-state index contributed by atoms with van der Waals surface area (Å²) in [7, 11) is -3.68. The van der Waals surface area contributed by atoms with Gasteiger partial charge >= 0.3 is 0 Å². The van der Waals surface area contributed by atoms with Crippen LogP contribution in [0.1, 0.15) is 26.0 Å². The molecular formula is C13H13FN2O4S. The number of benzene rings is 1. The van der Waals surface area contributed by atoms with Gasteiger partial charge in [-0.25, -0.2) is 12.8 Å². The number of sulfone groups is 1. The van der Waals surface area contributed by atoms with Gasteiger partial charge in [0.1, 0.15) is 17.0 Å². The molecule has 8 heteroatoms. The smallest absolute Gasteiger partial charge is 0.202 e. The van der Waals surface area contributed by atoms with Gasteiger partial charge in [0.2, 0.25) is 15.4 Å². The molecule has 0 spiro atoms. The van der Waals surface area contributed by atoms with Gasteiger partial charge in [0.15, 0.2) is 10.9 Å². The summed E-state index contributed by atoms with van der Waals surface area (Å²) in [6, 6.07) is 4.27. The number of hydrogen-bond donors (Lipinski definition) is 0. The summed E-state index contributed by atoms with van der Waals surface area (Å²) in [6.07, 6.45) is 0.194. The lowest BCUT2D eigenvalue weighted by Crippen LogP contribution is -2.23. The second-order valence-corrected chi connectivity index (χ2v) is 7.51. The lowest BCUT2D eigenvalue weighted by atomic mass is 10.1. The average molecular weight is 312 g/mol. The Morgan fingerprint density at radius 2 is 2.14 bits per heavy atom. The maximum Gasteiger partial charge on any atom is 0.202 e. The molecule has 6 nitrogen and oxygen atoms in total. The summed E-state index contributed by atoms with van der Waals surface area (Å²) >= 11 is 0. The van der Waals surface area contributed by atoms with Crippen LogP contribution in [0.4, 0.5) is 4.39 Å². The van der Waals surface area contributed by atoms with E-state index in [1.165, 1.54) is 12.1 Å². The van der Waals surface area contributed by atoms with Crippen LogP contribution in [-0.2, 0) is 20.4 Å². The van der Waals surface area contributed by atoms with E-state index >= 15 is 0 Å². The maximum atomic E-state index is 13.5. The Balaban J connectivity index is 1.94. The number of oxime groups is 1. The third-order valence-electron chi connectivity index (χ3n) is 3.18. The molecule has 2 heterocycles. The molecular weight excluding hydrogens is 299 g/mol. The first-order valence-electron chi connectivity index (χ1n) is 6.29. The Labute approximate surface area is 120 Å². The minimum absolute atomic E-state index is 0.0277. The van der Waals surface area contributed by atoms with Crippen molar-refractivity contribution >= 4 is 25.9 Å². The highest BCUT2D eigenvalue weighted by molar-refractivity contribution is 8.05. The van der Waals surface area contributed by atoms with Crippen LogP contribution < -0.4 is 0 Å². The van der Waals surface area contributed by atoms with Crippen LogP contribution in [0, 0.1) is 5.82 Å². The minimum atomic E-state index is -3.68. The predicted octanol–water partition coefficient (Wildman–Crippen LogP) is 2.39. The van der Waals surface area contributed by atoms with Gasteiger partial charge in [-0.05, 0) is 26.0 Å². The zero-order valence-corrected chi connectivity index (χ0v) is 12.3. The van der Waals surface area contributed by atoms with E-state index in [9.17, 15) is 12.8 Å². The van der Waals surface area contributed by atoms with Crippen LogP contribution in [0.25, 0.3) is 11.0 Å². The van der Waals surface area contributed by atoms with Crippen molar-refractivity contribution < 1.29 is 22.2 Å². The first-order valence-corrected chi connectivity index (χ1v) is 7.94. The molecule has 3 rings (SSSR count). The number of aromatic nitrogens is 1. The predicted molar refractivity (Wildman–Crippen MR) is 73.8 cm³/mol. The van der Waals surface area contributed by atoms with Crippen LogP contribution in [0.2, 0.25) is 0 Å². The van der Waals surface area contributed by atoms with E-state index in [2.05, 4.69) is 10.3 Å². The highest BCUT2D eigenvalue weighted by Crippen LogP contribution is 2.28. The topological polar surface area (TPSA) is 81.8 Å². The first kappa shape index (κ1) is 14.0. The highest BCUT2D eigenvalue weighted by atomic mass is 32.2. The maximum absolute atomic E-state index is 13.5. The minimum Gasteiger partial charge on any atom is -0.389 e. The van der Waals surface area contributed by atoms with Crippen molar-refractivity contribution in [1.82, 2.24) is 5.16 Å². The van der Waals surface area contributed by atoms with Gasteiger partial charge < -0.3 is 9.36 Å². The van der Waals surface area contributed by atoms with Crippen molar-refractivity contribution in [3.05, 3.63) is 29.7 Å². The Morgan fingerprint density at radius 3 is 2.81 bits per heavy atom. The fourth-order valence-corrected chi connectivity index (χ4v) is 3.57. The number of para-hydroxylation sites is 1. The van der Waals surface area contributed by atoms with Crippen molar-refractivity contribution in [2.24, 2.45) is 5.16 Å². The van der Waals surface area contributed by atoms with Crippen molar-refractivity contribution in [3.8, 4) is 0 Å². The molecule has 0 N–H and O–H groups in total. The highest BCUT2D eigenvalue weighted by Gasteiger charge is 2.36. The summed E-state index contributed by atoms with van der Waals surface area (Å²) in [6.45, 7) is 3.50. The van der Waals surface area contributed by atoms with E-state index in [-0.39, 0.29) is 22.7 Å². The van der Waals surface area contributed by atoms with Crippen molar-refractivity contribution in [2.75, 3.05) is 0 Å². The molecule has 0 bridgehead atoms. The third-order valence-corrected chi connectivity index (χ3v) is 4.77. The zero-order chi connectivity index (χ0) is 15.3. The zero-order valence-electron chi connectivity index (χ0n) is 11.5. The lowest BCUT2D eigenvalue weighted by molar-refractivity contribution is 0.0123. The summed E-state index contributed by atoms with van der Waals surface area (Å²) in [4.78, 5) is 5.07. The molecule has 112 valence electrons. The SMILES string of the molecule is CC1(C)CC(S(=O)(=O)Cc2noc3c(F)cccc23)=NO1. The molecule has 2 aromatic rings. The molecule has 21 heavy (non-hydrogen) atoms. The summed E-state index contributed by atoms with van der Waals surface area (Å²) in [5.74, 6) is -0.979. The van der Waals surface area contributed by atoms with Crippen LogP contribution in [-0.4, -0.2) is 24.2 Å². The number of fused-ring (bicyclic) bond motifs is 1. The lowest BCUT2D eigenvalue weighted by Gasteiger charge is -2.13. The molecule has 0 aliphatic carbocycles. The van der Waals surface area contributed by atoms with E-state index in [0.717, 1.165) is 0 Å². The number of hydrogen-bond acceptors (Lipinski definition) is 6. The third kappa shape index (κ3) is 2.51. The molecule has 0 saturated heterocycles. The fourth-order valence-electron chi connectivity index (χ4n) is 2.12. The fraction of sp³-hybridized carbons (Fsp3) is 0.385. The number of halogens is 1. The van der Waals surface area contributed by atoms with Gasteiger partial charge in [0, 0.05) is 11.8 Å². The molecule has 0 saturated carbocycles. The molecule has 0 amide bonds. The quantitative estimate of drug-likeness (QED) is 0.850. The largest absolute Gasteiger partial charge is 0.389 e. The number of nitrogens with zero attached hydrogens (tertiary/aromatic N) is 2. The van der Waals surface area contributed by atoms with Crippen LogP contribution in [0.5, 0.6) is 0 Å². The van der Waals surface area contributed by atoms with Crippen LogP contribution in [0.15, 0.2) is 27.9 Å². The molecule has 1 aromatic heterocycles. The summed E-state index contributed by atoms with van der Waals surface area (Å²) in [5.41, 5.74) is -0.523. The van der Waals surface area contributed by atoms with E-state index in [4.69, 9.17) is 9.36 Å². The van der Waals surface area contributed by atoms with E-state index in [1.54, 1.807) is 19.9 Å². The van der Waals surface area contributed by atoms with Crippen molar-refractivity contribution in [3.63, 3.8) is 0 Å². The Kier molecular flexibility index (Phi) is 3.01. The summed E-state index contributed by atoms with van der Waals surface area (Å²) < 4.78 is 43.0. The molecule has 1 aliphatic rings. The monoisotopic (exact) mass is 312 g/mol. The molecule has 0 radical (unpaired) electrons. The van der Waals surface area contributed by atoms with Crippen LogP contribution >= 0.6 is 0 Å². The molecule has 1 aromatic carbocycles. The Bertz CT molecular complexity index is 839. The summed E-state index contributed by atoms with van der Waals surface area (Å²) in [5, 5.41) is 7.61. The first-order chi connectivity index (χ1) is 9.78. The molecule has 0 unspecified atom stereocenters. The van der Waals surface area contributed by atoms with Gasteiger partial charge in [0.05, 0.1) is 0 Å². The Hall–Kier alpha value is -1.96.